The van der Waals surface area contributed by atoms with Gasteiger partial charge in [0.1, 0.15) is 0 Å². The van der Waals surface area contributed by atoms with E-state index in [1.807, 2.05) is 0 Å². The van der Waals surface area contributed by atoms with E-state index < -0.39 is 20.9 Å². The van der Waals surface area contributed by atoms with Crippen molar-refractivity contribution >= 4 is 43.2 Å². The molecule has 35 heavy (non-hydrogen) atoms. The number of ether oxygens (including phenoxy) is 1. The minimum Gasteiger partial charge on any atom is -0.383 e. The van der Waals surface area contributed by atoms with Gasteiger partial charge in [-0.15, -0.1) is 0 Å². The fraction of sp³-hybridized carbons (Fsp3) is 0.391. The van der Waals surface area contributed by atoms with E-state index in [4.69, 9.17) is 4.74 Å². The Kier molecular flexibility index (Phi) is 7.45. The number of fused-ring (bicyclic) bond motifs is 1. The predicted octanol–water partition coefficient (Wildman–Crippen LogP) is 3.42. The number of benzene rings is 2. The van der Waals surface area contributed by atoms with E-state index in [1.54, 1.807) is 17.7 Å². The third-order valence-corrected chi connectivity index (χ3v) is 9.03. The van der Waals surface area contributed by atoms with Crippen LogP contribution in [0.15, 0.2) is 52.4 Å². The van der Waals surface area contributed by atoms with E-state index in [9.17, 15) is 23.3 Å². The van der Waals surface area contributed by atoms with Gasteiger partial charge < -0.3 is 9.30 Å². The molecule has 2 heterocycles. The van der Waals surface area contributed by atoms with Crippen LogP contribution in [0.2, 0.25) is 0 Å². The smallest absolute Gasteiger partial charge is 0.279 e. The van der Waals surface area contributed by atoms with Crippen LogP contribution in [0.1, 0.15) is 30.1 Å². The molecule has 2 aromatic carbocycles. The molecule has 1 fully saturated rings. The van der Waals surface area contributed by atoms with Crippen LogP contribution in [0.5, 0.6) is 0 Å². The van der Waals surface area contributed by atoms with E-state index in [2.05, 4.69) is 11.9 Å². The average molecular weight is 519 g/mol. The Bertz CT molecular complexity index is 1420. The largest absolute Gasteiger partial charge is 0.383 e. The molecule has 0 spiro atoms. The first-order valence-corrected chi connectivity index (χ1v) is 13.4. The van der Waals surface area contributed by atoms with Gasteiger partial charge in [0.25, 0.3) is 11.6 Å². The molecular weight excluding hydrogens is 492 g/mol. The first kappa shape index (κ1) is 25.2. The summed E-state index contributed by atoms with van der Waals surface area (Å²) >= 11 is 1.17. The molecule has 1 aromatic heterocycles. The van der Waals surface area contributed by atoms with E-state index in [-0.39, 0.29) is 16.1 Å². The predicted molar refractivity (Wildman–Crippen MR) is 132 cm³/mol. The van der Waals surface area contributed by atoms with Gasteiger partial charge in [-0.1, -0.05) is 18.3 Å². The van der Waals surface area contributed by atoms with Gasteiger partial charge in [-0.2, -0.15) is 9.30 Å². The number of non-ortho nitro benzene ring substituents is 1. The molecule has 10 nitrogen and oxygen atoms in total. The van der Waals surface area contributed by atoms with E-state index in [0.29, 0.717) is 47.2 Å². The number of thiazole rings is 1. The van der Waals surface area contributed by atoms with Crippen molar-refractivity contribution in [1.29, 1.82) is 0 Å². The zero-order valence-corrected chi connectivity index (χ0v) is 21.0. The maximum absolute atomic E-state index is 12.9. The lowest BCUT2D eigenvalue weighted by atomic mass is 10.0. The number of methoxy groups -OCH3 is 1. The lowest BCUT2D eigenvalue weighted by molar-refractivity contribution is -0.384. The van der Waals surface area contributed by atoms with Crippen molar-refractivity contribution < 1.29 is 22.9 Å². The molecule has 0 saturated carbocycles. The van der Waals surface area contributed by atoms with Crippen molar-refractivity contribution in [3.8, 4) is 0 Å². The minimum atomic E-state index is -3.61. The Balaban J connectivity index is 1.64. The number of sulfonamides is 1. The molecule has 0 radical (unpaired) electrons. The van der Waals surface area contributed by atoms with Crippen LogP contribution in [0.4, 0.5) is 5.69 Å². The topological polar surface area (TPSA) is 124 Å². The molecule has 1 aliphatic rings. The van der Waals surface area contributed by atoms with Gasteiger partial charge in [-0.3, -0.25) is 14.9 Å². The number of aromatic nitrogens is 1. The summed E-state index contributed by atoms with van der Waals surface area (Å²) in [6.07, 6.45) is 1.66. The summed E-state index contributed by atoms with van der Waals surface area (Å²) < 4.78 is 34.9. The monoisotopic (exact) mass is 518 g/mol. The number of nitrogens with zero attached hydrogens (tertiary/aromatic N) is 4. The molecule has 1 amide bonds. The van der Waals surface area contributed by atoms with Gasteiger partial charge in [-0.25, -0.2) is 8.42 Å². The second kappa shape index (κ2) is 10.4. The highest BCUT2D eigenvalue weighted by molar-refractivity contribution is 7.89. The summed E-state index contributed by atoms with van der Waals surface area (Å²) in [5, 5.41) is 11.1. The lowest BCUT2D eigenvalue weighted by Gasteiger charge is -2.29. The van der Waals surface area contributed by atoms with E-state index in [0.717, 1.165) is 12.8 Å². The molecule has 0 unspecified atom stereocenters. The molecule has 186 valence electrons. The number of piperidine rings is 1. The fourth-order valence-corrected chi connectivity index (χ4v) is 6.51. The SMILES string of the molecule is COCCn1c(=NC(=O)c2ccc(S(=O)(=O)N3CCC(C)CC3)cc2)sc2cc([N+](=O)[O-])ccc21. The van der Waals surface area contributed by atoms with Crippen molar-refractivity contribution in [2.75, 3.05) is 26.8 Å². The van der Waals surface area contributed by atoms with Crippen LogP contribution in [-0.4, -0.2) is 54.9 Å². The van der Waals surface area contributed by atoms with Crippen LogP contribution in [-0.2, 0) is 21.3 Å². The second-order valence-electron chi connectivity index (χ2n) is 8.47. The van der Waals surface area contributed by atoms with Gasteiger partial charge in [0, 0.05) is 44.4 Å². The lowest BCUT2D eigenvalue weighted by Crippen LogP contribution is -2.37. The maximum atomic E-state index is 12.9. The number of carbonyl (C=O) groups is 1. The van der Waals surface area contributed by atoms with Crippen molar-refractivity contribution in [3.05, 3.63) is 62.9 Å². The molecule has 0 bridgehead atoms. The van der Waals surface area contributed by atoms with Crippen molar-refractivity contribution in [2.45, 2.75) is 31.2 Å². The number of hydrogen-bond donors (Lipinski definition) is 0. The molecule has 0 atom stereocenters. The highest BCUT2D eigenvalue weighted by atomic mass is 32.2. The first-order valence-electron chi connectivity index (χ1n) is 11.2. The molecule has 0 aliphatic carbocycles. The zero-order chi connectivity index (χ0) is 25.2. The van der Waals surface area contributed by atoms with Gasteiger partial charge in [0.05, 0.1) is 26.6 Å². The molecule has 0 N–H and O–H groups in total. The molecule has 12 heteroatoms. The Morgan fingerprint density at radius 1 is 1.20 bits per heavy atom. The van der Waals surface area contributed by atoms with Crippen molar-refractivity contribution in [1.82, 2.24) is 8.87 Å². The van der Waals surface area contributed by atoms with Crippen LogP contribution < -0.4 is 4.80 Å². The first-order chi connectivity index (χ1) is 16.7. The van der Waals surface area contributed by atoms with Crippen LogP contribution >= 0.6 is 11.3 Å². The number of carbonyl (C=O) groups excluding carboxylic acids is 1. The Morgan fingerprint density at radius 3 is 2.51 bits per heavy atom. The summed E-state index contributed by atoms with van der Waals surface area (Å²) in [6, 6.07) is 10.3. The Labute approximate surface area is 206 Å². The minimum absolute atomic E-state index is 0.0459. The molecular formula is C23H26N4O6S2. The number of nitro benzene ring substituents is 1. The summed E-state index contributed by atoms with van der Waals surface area (Å²) in [6.45, 7) is 3.87. The van der Waals surface area contributed by atoms with Gasteiger partial charge in [-0.05, 0) is 49.1 Å². The summed E-state index contributed by atoms with van der Waals surface area (Å²) in [5.74, 6) is -0.0253. The highest BCUT2D eigenvalue weighted by Crippen LogP contribution is 2.25. The van der Waals surface area contributed by atoms with Gasteiger partial charge in [0.2, 0.25) is 10.0 Å². The third-order valence-electron chi connectivity index (χ3n) is 6.08. The number of nitro groups is 1. The highest BCUT2D eigenvalue weighted by Gasteiger charge is 2.28. The quantitative estimate of drug-likeness (QED) is 0.349. The fourth-order valence-electron chi connectivity index (χ4n) is 3.95. The molecule has 1 saturated heterocycles. The average Bonchev–Trinajstić information content (AvgIpc) is 3.18. The summed E-state index contributed by atoms with van der Waals surface area (Å²) in [5.41, 5.74) is 0.912. The van der Waals surface area contributed by atoms with Crippen molar-refractivity contribution in [2.24, 2.45) is 10.9 Å². The molecule has 1 aliphatic heterocycles. The summed E-state index contributed by atoms with van der Waals surface area (Å²) in [4.78, 5) is 28.4. The standard InChI is InChI=1S/C23H26N4O6S2/c1-16-9-11-25(12-10-16)35(31,32)19-6-3-17(4-7-19)22(28)24-23-26(13-14-33-2)20-8-5-18(27(29)30)15-21(20)34-23/h3-8,15-16H,9-14H2,1-2H3. The van der Waals surface area contributed by atoms with Crippen molar-refractivity contribution in [3.63, 3.8) is 0 Å². The van der Waals surface area contributed by atoms with E-state index >= 15 is 0 Å². The second-order valence-corrected chi connectivity index (χ2v) is 11.4. The number of amides is 1. The third kappa shape index (κ3) is 5.35. The van der Waals surface area contributed by atoms with Gasteiger partial charge in [0.15, 0.2) is 4.80 Å². The summed E-state index contributed by atoms with van der Waals surface area (Å²) in [7, 11) is -2.05. The van der Waals surface area contributed by atoms with Gasteiger partial charge >= 0.3 is 0 Å². The zero-order valence-electron chi connectivity index (χ0n) is 19.4. The normalized spacial score (nSPS) is 16.1. The van der Waals surface area contributed by atoms with Crippen LogP contribution in [0, 0.1) is 16.0 Å². The Morgan fingerprint density at radius 2 is 1.89 bits per heavy atom. The molecule has 4 rings (SSSR count). The van der Waals surface area contributed by atoms with E-state index in [1.165, 1.54) is 52.0 Å². The van der Waals surface area contributed by atoms with Crippen LogP contribution in [0.25, 0.3) is 10.2 Å². The maximum Gasteiger partial charge on any atom is 0.279 e. The number of rotatable bonds is 7. The Hall–Kier alpha value is -2.93. The molecule has 3 aromatic rings. The van der Waals surface area contributed by atoms with Crippen LogP contribution in [0.3, 0.4) is 0 Å². The number of hydrogen-bond acceptors (Lipinski definition) is 7.